The van der Waals surface area contributed by atoms with Gasteiger partial charge in [0.25, 0.3) is 0 Å². The number of fused-ring (bicyclic) bond motifs is 1. The van der Waals surface area contributed by atoms with Crippen molar-refractivity contribution in [2.45, 2.75) is 12.6 Å². The topological polar surface area (TPSA) is 48.3 Å². The van der Waals surface area contributed by atoms with Gasteiger partial charge in [-0.15, -0.1) is 0 Å². The van der Waals surface area contributed by atoms with Crippen LogP contribution in [0.25, 0.3) is 0 Å². The van der Waals surface area contributed by atoms with Gasteiger partial charge in [-0.25, -0.2) is 0 Å². The van der Waals surface area contributed by atoms with E-state index in [1.165, 1.54) is 5.56 Å². The van der Waals surface area contributed by atoms with Gasteiger partial charge in [-0.1, -0.05) is 12.1 Å². The normalized spacial score (nSPS) is 17.4. The molecule has 0 bridgehead atoms. The van der Waals surface area contributed by atoms with E-state index in [2.05, 4.69) is 10.4 Å². The summed E-state index contributed by atoms with van der Waals surface area (Å²) in [7, 11) is 1.92. The van der Waals surface area contributed by atoms with Crippen molar-refractivity contribution in [3.05, 3.63) is 42.2 Å². The molecule has 0 spiro atoms. The molecule has 1 aromatic carbocycles. The highest BCUT2D eigenvalue weighted by Gasteiger charge is 2.19. The Morgan fingerprint density at radius 3 is 3.00 bits per heavy atom. The van der Waals surface area contributed by atoms with Gasteiger partial charge in [0.15, 0.2) is 11.5 Å². The molecule has 100 valence electrons. The molecule has 0 radical (unpaired) electrons. The van der Waals surface area contributed by atoms with E-state index in [4.69, 9.17) is 9.47 Å². The minimum absolute atomic E-state index is 0.0478. The highest BCUT2D eigenvalue weighted by atomic mass is 16.6. The molecule has 2 heterocycles. The summed E-state index contributed by atoms with van der Waals surface area (Å²) in [6.45, 7) is 2.12. The summed E-state index contributed by atoms with van der Waals surface area (Å²) >= 11 is 0. The van der Waals surface area contributed by atoms with E-state index in [-0.39, 0.29) is 6.10 Å². The average molecular weight is 259 g/mol. The number of benzene rings is 1. The number of hydrogen-bond donors (Lipinski definition) is 1. The molecule has 5 nitrogen and oxygen atoms in total. The van der Waals surface area contributed by atoms with E-state index >= 15 is 0 Å². The molecule has 1 unspecified atom stereocenters. The SMILES string of the molecule is Cn1cc(CNCC2COc3ccccc3O2)cn1. The maximum Gasteiger partial charge on any atom is 0.161 e. The van der Waals surface area contributed by atoms with Gasteiger partial charge in [-0.05, 0) is 12.1 Å². The van der Waals surface area contributed by atoms with Crippen molar-refractivity contribution in [1.82, 2.24) is 15.1 Å². The molecule has 2 aromatic rings. The predicted molar refractivity (Wildman–Crippen MR) is 71.3 cm³/mol. The van der Waals surface area contributed by atoms with Crippen LogP contribution in [-0.4, -0.2) is 29.0 Å². The number of aryl methyl sites for hydroxylation is 1. The van der Waals surface area contributed by atoms with Gasteiger partial charge in [0.1, 0.15) is 12.7 Å². The zero-order chi connectivity index (χ0) is 13.1. The van der Waals surface area contributed by atoms with Gasteiger partial charge in [0, 0.05) is 31.9 Å². The minimum Gasteiger partial charge on any atom is -0.486 e. The third-order valence-electron chi connectivity index (χ3n) is 3.03. The lowest BCUT2D eigenvalue weighted by molar-refractivity contribution is 0.0902. The molecule has 1 atom stereocenters. The summed E-state index contributed by atoms with van der Waals surface area (Å²) in [5, 5.41) is 7.49. The lowest BCUT2D eigenvalue weighted by Crippen LogP contribution is -2.38. The van der Waals surface area contributed by atoms with Crippen LogP contribution in [0.2, 0.25) is 0 Å². The summed E-state index contributed by atoms with van der Waals surface area (Å²) in [5.74, 6) is 1.65. The second kappa shape index (κ2) is 5.32. The zero-order valence-corrected chi connectivity index (χ0v) is 10.9. The fraction of sp³-hybridized carbons (Fsp3) is 0.357. The Bertz CT molecular complexity index is 553. The molecule has 0 fully saturated rings. The van der Waals surface area contributed by atoms with Crippen LogP contribution in [0, 0.1) is 0 Å². The number of para-hydroxylation sites is 2. The van der Waals surface area contributed by atoms with E-state index in [9.17, 15) is 0 Å². The summed E-state index contributed by atoms with van der Waals surface area (Å²) in [5.41, 5.74) is 1.17. The molecule has 1 N–H and O–H groups in total. The Kier molecular flexibility index (Phi) is 3.37. The zero-order valence-electron chi connectivity index (χ0n) is 10.9. The molecule has 0 saturated carbocycles. The first-order valence-electron chi connectivity index (χ1n) is 6.38. The van der Waals surface area contributed by atoms with Crippen LogP contribution >= 0.6 is 0 Å². The summed E-state index contributed by atoms with van der Waals surface area (Å²) in [6.07, 6.45) is 3.91. The first kappa shape index (κ1) is 12.0. The van der Waals surface area contributed by atoms with Gasteiger partial charge < -0.3 is 14.8 Å². The van der Waals surface area contributed by atoms with Crippen LogP contribution in [0.4, 0.5) is 0 Å². The molecule has 5 heteroatoms. The molecule has 0 amide bonds. The number of nitrogens with one attached hydrogen (secondary N) is 1. The van der Waals surface area contributed by atoms with Gasteiger partial charge in [-0.3, -0.25) is 4.68 Å². The second-order valence-electron chi connectivity index (χ2n) is 4.65. The molecule has 3 rings (SSSR count). The summed E-state index contributed by atoms with van der Waals surface area (Å²) in [6, 6.07) is 7.76. The highest BCUT2D eigenvalue weighted by Crippen LogP contribution is 2.30. The van der Waals surface area contributed by atoms with E-state index < -0.39 is 0 Å². The van der Waals surface area contributed by atoms with Crippen molar-refractivity contribution in [3.8, 4) is 11.5 Å². The summed E-state index contributed by atoms with van der Waals surface area (Å²) < 4.78 is 13.3. The van der Waals surface area contributed by atoms with Crippen molar-refractivity contribution in [2.75, 3.05) is 13.2 Å². The second-order valence-corrected chi connectivity index (χ2v) is 4.65. The Morgan fingerprint density at radius 2 is 2.21 bits per heavy atom. The fourth-order valence-corrected chi connectivity index (χ4v) is 2.10. The highest BCUT2D eigenvalue weighted by molar-refractivity contribution is 5.40. The Hall–Kier alpha value is -2.01. The number of aromatic nitrogens is 2. The number of rotatable bonds is 4. The molecule has 1 aromatic heterocycles. The van der Waals surface area contributed by atoms with Crippen molar-refractivity contribution in [3.63, 3.8) is 0 Å². The van der Waals surface area contributed by atoms with Crippen LogP contribution in [-0.2, 0) is 13.6 Å². The molecule has 1 aliphatic heterocycles. The average Bonchev–Trinajstić information content (AvgIpc) is 2.84. The number of nitrogens with zero attached hydrogens (tertiary/aromatic N) is 2. The van der Waals surface area contributed by atoms with Gasteiger partial charge in [0.2, 0.25) is 0 Å². The Balaban J connectivity index is 1.50. The first-order valence-corrected chi connectivity index (χ1v) is 6.38. The van der Waals surface area contributed by atoms with Crippen molar-refractivity contribution in [1.29, 1.82) is 0 Å². The number of hydrogen-bond acceptors (Lipinski definition) is 4. The lowest BCUT2D eigenvalue weighted by Gasteiger charge is -2.26. The molecule has 0 saturated heterocycles. The molecule has 0 aliphatic carbocycles. The fourth-order valence-electron chi connectivity index (χ4n) is 2.10. The quantitative estimate of drug-likeness (QED) is 0.900. The van der Waals surface area contributed by atoms with Crippen LogP contribution in [0.3, 0.4) is 0 Å². The van der Waals surface area contributed by atoms with Crippen molar-refractivity contribution in [2.24, 2.45) is 7.05 Å². The maximum atomic E-state index is 5.87. The van der Waals surface area contributed by atoms with E-state index in [0.29, 0.717) is 6.61 Å². The monoisotopic (exact) mass is 259 g/mol. The van der Waals surface area contributed by atoms with E-state index in [0.717, 1.165) is 24.6 Å². The van der Waals surface area contributed by atoms with Crippen LogP contribution in [0.1, 0.15) is 5.56 Å². The van der Waals surface area contributed by atoms with E-state index in [1.54, 1.807) is 4.68 Å². The molecular weight excluding hydrogens is 242 g/mol. The minimum atomic E-state index is 0.0478. The number of ether oxygens (including phenoxy) is 2. The van der Waals surface area contributed by atoms with Crippen LogP contribution < -0.4 is 14.8 Å². The van der Waals surface area contributed by atoms with Crippen molar-refractivity contribution < 1.29 is 9.47 Å². The largest absolute Gasteiger partial charge is 0.486 e. The Labute approximate surface area is 112 Å². The maximum absolute atomic E-state index is 5.87. The van der Waals surface area contributed by atoms with Crippen LogP contribution in [0.15, 0.2) is 36.7 Å². The standard InChI is InChI=1S/C14H17N3O2/c1-17-9-11(7-16-17)6-15-8-12-10-18-13-4-2-3-5-14(13)19-12/h2-5,7,9,12,15H,6,8,10H2,1H3. The third-order valence-corrected chi connectivity index (χ3v) is 3.03. The predicted octanol–water partition coefficient (Wildman–Crippen LogP) is 1.35. The lowest BCUT2D eigenvalue weighted by atomic mass is 10.2. The van der Waals surface area contributed by atoms with Crippen LogP contribution in [0.5, 0.6) is 11.5 Å². The van der Waals surface area contributed by atoms with E-state index in [1.807, 2.05) is 43.7 Å². The van der Waals surface area contributed by atoms with Gasteiger partial charge >= 0.3 is 0 Å². The van der Waals surface area contributed by atoms with Gasteiger partial charge in [0.05, 0.1) is 6.20 Å². The first-order chi connectivity index (χ1) is 9.31. The molecule has 19 heavy (non-hydrogen) atoms. The molecule has 1 aliphatic rings. The third kappa shape index (κ3) is 2.88. The molecular formula is C14H17N3O2. The van der Waals surface area contributed by atoms with Gasteiger partial charge in [-0.2, -0.15) is 5.10 Å². The smallest absolute Gasteiger partial charge is 0.161 e. The van der Waals surface area contributed by atoms with Crippen molar-refractivity contribution >= 4 is 0 Å². The summed E-state index contributed by atoms with van der Waals surface area (Å²) in [4.78, 5) is 0. The Morgan fingerprint density at radius 1 is 1.37 bits per heavy atom.